The van der Waals surface area contributed by atoms with Gasteiger partial charge in [0.1, 0.15) is 5.82 Å². The Bertz CT molecular complexity index is 735. The molecular formula is C15H10FNO3S. The van der Waals surface area contributed by atoms with Crippen molar-refractivity contribution >= 4 is 23.0 Å². The predicted molar refractivity (Wildman–Crippen MR) is 75.6 cm³/mol. The average molecular weight is 303 g/mol. The number of hydrogen-bond donors (Lipinski definition) is 2. The van der Waals surface area contributed by atoms with E-state index in [4.69, 9.17) is 0 Å². The Morgan fingerprint density at radius 3 is 2.57 bits per heavy atom. The van der Waals surface area contributed by atoms with Crippen LogP contribution < -0.4 is 5.32 Å². The monoisotopic (exact) mass is 303 g/mol. The first-order valence-electron chi connectivity index (χ1n) is 6.15. The minimum absolute atomic E-state index is 0.00550. The standard InChI is InChI=1S/C15H10FNO3S/c16-9-5-3-8(4-6-9)12-11(14(19)15(20)17-12)13(18)10-2-1-7-21-10/h1-7,12,19H,(H,17,20)/t12-/m1/s1. The normalized spacial score (nSPS) is 18.0. The van der Waals surface area contributed by atoms with E-state index < -0.39 is 29.3 Å². The molecule has 0 spiro atoms. The van der Waals surface area contributed by atoms with E-state index in [0.717, 1.165) is 0 Å². The Kier molecular flexibility index (Phi) is 3.31. The molecule has 2 aromatic rings. The fourth-order valence-electron chi connectivity index (χ4n) is 2.22. The summed E-state index contributed by atoms with van der Waals surface area (Å²) in [6, 6.07) is 7.99. The zero-order chi connectivity index (χ0) is 15.0. The predicted octanol–water partition coefficient (Wildman–Crippen LogP) is 2.75. The Labute approximate surface area is 123 Å². The van der Waals surface area contributed by atoms with Crippen molar-refractivity contribution in [2.24, 2.45) is 0 Å². The fourth-order valence-corrected chi connectivity index (χ4v) is 2.89. The van der Waals surface area contributed by atoms with E-state index in [1.807, 2.05) is 0 Å². The van der Waals surface area contributed by atoms with E-state index in [-0.39, 0.29) is 5.57 Å². The molecule has 6 heteroatoms. The van der Waals surface area contributed by atoms with Crippen molar-refractivity contribution in [2.75, 3.05) is 0 Å². The number of benzene rings is 1. The maximum Gasteiger partial charge on any atom is 0.287 e. The van der Waals surface area contributed by atoms with E-state index in [0.29, 0.717) is 10.4 Å². The molecule has 1 atom stereocenters. The molecule has 3 rings (SSSR count). The molecule has 4 nitrogen and oxygen atoms in total. The molecule has 106 valence electrons. The minimum atomic E-state index is -0.771. The van der Waals surface area contributed by atoms with Crippen LogP contribution in [0.4, 0.5) is 4.39 Å². The lowest BCUT2D eigenvalue weighted by atomic mass is 9.96. The number of carbonyl (C=O) groups is 2. The number of aliphatic hydroxyl groups excluding tert-OH is 1. The highest BCUT2D eigenvalue weighted by Crippen LogP contribution is 2.32. The summed E-state index contributed by atoms with van der Waals surface area (Å²) in [5.74, 6) is -2.11. The highest BCUT2D eigenvalue weighted by atomic mass is 32.1. The van der Waals surface area contributed by atoms with E-state index in [2.05, 4.69) is 5.32 Å². The Morgan fingerprint density at radius 2 is 1.95 bits per heavy atom. The molecule has 1 amide bonds. The summed E-state index contributed by atoms with van der Waals surface area (Å²) >= 11 is 1.23. The average Bonchev–Trinajstić information content (AvgIpc) is 3.09. The fraction of sp³-hybridized carbons (Fsp3) is 0.0667. The zero-order valence-corrected chi connectivity index (χ0v) is 11.5. The summed E-state index contributed by atoms with van der Waals surface area (Å²) in [6.45, 7) is 0. The highest BCUT2D eigenvalue weighted by molar-refractivity contribution is 7.12. The molecule has 1 aliphatic heterocycles. The van der Waals surface area contributed by atoms with Gasteiger partial charge >= 0.3 is 0 Å². The number of nitrogens with one attached hydrogen (secondary N) is 1. The molecule has 2 N–H and O–H groups in total. The van der Waals surface area contributed by atoms with Crippen LogP contribution >= 0.6 is 11.3 Å². The van der Waals surface area contributed by atoms with Crippen molar-refractivity contribution < 1.29 is 19.1 Å². The van der Waals surface area contributed by atoms with E-state index in [1.165, 1.54) is 35.6 Å². The summed E-state index contributed by atoms with van der Waals surface area (Å²) in [7, 11) is 0. The zero-order valence-electron chi connectivity index (χ0n) is 10.7. The lowest BCUT2D eigenvalue weighted by Crippen LogP contribution is -2.23. The Morgan fingerprint density at radius 1 is 1.24 bits per heavy atom. The molecule has 0 bridgehead atoms. The van der Waals surface area contributed by atoms with Crippen LogP contribution in [0.15, 0.2) is 53.1 Å². The Hall–Kier alpha value is -2.47. The first kappa shape index (κ1) is 13.5. The first-order chi connectivity index (χ1) is 10.1. The van der Waals surface area contributed by atoms with Gasteiger partial charge in [-0.05, 0) is 29.1 Å². The molecule has 0 radical (unpaired) electrons. The van der Waals surface area contributed by atoms with Gasteiger partial charge in [-0.15, -0.1) is 11.3 Å². The van der Waals surface area contributed by atoms with Crippen LogP contribution in [0.1, 0.15) is 21.3 Å². The molecule has 0 unspecified atom stereocenters. The third-order valence-electron chi connectivity index (χ3n) is 3.23. The molecule has 21 heavy (non-hydrogen) atoms. The van der Waals surface area contributed by atoms with Gasteiger partial charge in [-0.3, -0.25) is 9.59 Å². The van der Waals surface area contributed by atoms with E-state index in [1.54, 1.807) is 17.5 Å². The van der Waals surface area contributed by atoms with Crippen molar-refractivity contribution in [2.45, 2.75) is 6.04 Å². The summed E-state index contributed by atoms with van der Waals surface area (Å²) in [5.41, 5.74) is 0.530. The van der Waals surface area contributed by atoms with Gasteiger partial charge in [-0.25, -0.2) is 4.39 Å². The van der Waals surface area contributed by atoms with Gasteiger partial charge in [0.2, 0.25) is 5.78 Å². The van der Waals surface area contributed by atoms with E-state index >= 15 is 0 Å². The number of aliphatic hydroxyl groups is 1. The molecule has 0 aliphatic carbocycles. The highest BCUT2D eigenvalue weighted by Gasteiger charge is 2.37. The van der Waals surface area contributed by atoms with Crippen LogP contribution in [0.25, 0.3) is 0 Å². The van der Waals surface area contributed by atoms with Crippen molar-refractivity contribution in [3.63, 3.8) is 0 Å². The summed E-state index contributed by atoms with van der Waals surface area (Å²) in [4.78, 5) is 24.5. The second-order valence-electron chi connectivity index (χ2n) is 4.53. The molecule has 0 saturated carbocycles. The summed E-state index contributed by atoms with van der Waals surface area (Å²) < 4.78 is 13.0. The molecular weight excluding hydrogens is 293 g/mol. The van der Waals surface area contributed by atoms with Gasteiger partial charge in [0.05, 0.1) is 16.5 Å². The number of rotatable bonds is 3. The third kappa shape index (κ3) is 2.34. The van der Waals surface area contributed by atoms with Crippen LogP contribution in [0, 0.1) is 5.82 Å². The van der Waals surface area contributed by atoms with Gasteiger partial charge in [0.25, 0.3) is 5.91 Å². The number of ketones is 1. The van der Waals surface area contributed by atoms with Crippen LogP contribution in [-0.2, 0) is 4.79 Å². The molecule has 1 aromatic carbocycles. The van der Waals surface area contributed by atoms with Crippen molar-refractivity contribution in [1.82, 2.24) is 5.32 Å². The van der Waals surface area contributed by atoms with Crippen LogP contribution in [0.5, 0.6) is 0 Å². The Balaban J connectivity index is 2.03. The maximum absolute atomic E-state index is 13.0. The molecule has 0 saturated heterocycles. The SMILES string of the molecule is O=C1N[C@H](c2ccc(F)cc2)C(C(=O)c2cccs2)=C1O. The largest absolute Gasteiger partial charge is 0.503 e. The number of thiophene rings is 1. The number of Topliss-reactive ketones (excluding diaryl/α,β-unsaturated/α-hetero) is 1. The molecule has 1 aliphatic rings. The second-order valence-corrected chi connectivity index (χ2v) is 5.47. The summed E-state index contributed by atoms with van der Waals surface area (Å²) in [6.07, 6.45) is 0. The smallest absolute Gasteiger partial charge is 0.287 e. The van der Waals surface area contributed by atoms with Gasteiger partial charge in [0, 0.05) is 0 Å². The molecule has 1 aromatic heterocycles. The van der Waals surface area contributed by atoms with Crippen LogP contribution in [0.2, 0.25) is 0 Å². The van der Waals surface area contributed by atoms with Crippen molar-refractivity contribution in [3.05, 3.63) is 69.4 Å². The minimum Gasteiger partial charge on any atom is -0.503 e. The van der Waals surface area contributed by atoms with Crippen LogP contribution in [-0.4, -0.2) is 16.8 Å². The third-order valence-corrected chi connectivity index (χ3v) is 4.10. The van der Waals surface area contributed by atoms with Crippen LogP contribution in [0.3, 0.4) is 0 Å². The van der Waals surface area contributed by atoms with Crippen molar-refractivity contribution in [1.29, 1.82) is 0 Å². The molecule has 2 heterocycles. The lowest BCUT2D eigenvalue weighted by Gasteiger charge is -2.13. The second kappa shape index (κ2) is 5.14. The van der Waals surface area contributed by atoms with Crippen molar-refractivity contribution in [3.8, 4) is 0 Å². The quantitative estimate of drug-likeness (QED) is 0.857. The first-order valence-corrected chi connectivity index (χ1v) is 7.03. The topological polar surface area (TPSA) is 66.4 Å². The van der Waals surface area contributed by atoms with Gasteiger partial charge in [-0.2, -0.15) is 0 Å². The van der Waals surface area contributed by atoms with E-state index in [9.17, 15) is 19.1 Å². The number of halogens is 1. The maximum atomic E-state index is 13.0. The summed E-state index contributed by atoms with van der Waals surface area (Å²) in [5, 5.41) is 14.2. The number of carbonyl (C=O) groups excluding carboxylic acids is 2. The number of amides is 1. The van der Waals surface area contributed by atoms with Gasteiger partial charge in [-0.1, -0.05) is 18.2 Å². The molecule has 0 fully saturated rings. The van der Waals surface area contributed by atoms with Gasteiger partial charge in [0.15, 0.2) is 5.76 Å². The number of hydrogen-bond acceptors (Lipinski definition) is 4. The van der Waals surface area contributed by atoms with Gasteiger partial charge < -0.3 is 10.4 Å². The lowest BCUT2D eigenvalue weighted by molar-refractivity contribution is -0.119.